The zero-order chi connectivity index (χ0) is 25.2. The fourth-order valence-electron chi connectivity index (χ4n) is 4.13. The second-order valence-electron chi connectivity index (χ2n) is 8.27. The van der Waals surface area contributed by atoms with E-state index in [1.54, 1.807) is 12.1 Å². The van der Waals surface area contributed by atoms with E-state index in [0.717, 1.165) is 0 Å². The first-order valence-corrected chi connectivity index (χ1v) is 11.4. The van der Waals surface area contributed by atoms with Crippen LogP contribution in [0.1, 0.15) is 35.2 Å². The van der Waals surface area contributed by atoms with Crippen LogP contribution in [0.15, 0.2) is 30.1 Å². The lowest BCUT2D eigenvalue weighted by molar-refractivity contribution is -0.184. The van der Waals surface area contributed by atoms with Gasteiger partial charge < -0.3 is 20.3 Å². The van der Waals surface area contributed by atoms with Crippen molar-refractivity contribution in [2.75, 3.05) is 37.4 Å². The van der Waals surface area contributed by atoms with Crippen LogP contribution in [0.4, 0.5) is 30.5 Å². The van der Waals surface area contributed by atoms with Gasteiger partial charge in [0.1, 0.15) is 18.0 Å². The molecule has 0 bridgehead atoms. The van der Waals surface area contributed by atoms with Crippen LogP contribution >= 0.6 is 11.6 Å². The number of likely N-dealkylation sites (tertiary alicyclic amines) is 1. The molecule has 35 heavy (non-hydrogen) atoms. The number of piperidine rings is 1. The Morgan fingerprint density at radius 1 is 1.29 bits per heavy atom. The van der Waals surface area contributed by atoms with Crippen LogP contribution < -0.4 is 10.6 Å². The fourth-order valence-corrected chi connectivity index (χ4v) is 4.39. The van der Waals surface area contributed by atoms with E-state index < -0.39 is 24.0 Å². The Bertz CT molecular complexity index is 1170. The molecule has 1 saturated heterocycles. The Morgan fingerprint density at radius 2 is 2.09 bits per heavy atom. The SMILES string of the molecule is COC(=O)C1=Cc2c(ncnc2Nc2ccc(C(=O)N3CCCC(C(F)(F)F)C3)c(Cl)c2)NCC1. The van der Waals surface area contributed by atoms with Crippen LogP contribution in [0.3, 0.4) is 0 Å². The summed E-state index contributed by atoms with van der Waals surface area (Å²) in [5, 5.41) is 6.34. The minimum Gasteiger partial charge on any atom is -0.466 e. The first kappa shape index (κ1) is 24.8. The highest BCUT2D eigenvalue weighted by molar-refractivity contribution is 6.34. The molecule has 1 aromatic heterocycles. The molecule has 8 nitrogen and oxygen atoms in total. The van der Waals surface area contributed by atoms with Crippen LogP contribution in [0, 0.1) is 5.92 Å². The van der Waals surface area contributed by atoms with Crippen molar-refractivity contribution >= 4 is 46.9 Å². The van der Waals surface area contributed by atoms with Crippen molar-refractivity contribution in [1.82, 2.24) is 14.9 Å². The number of ether oxygens (including phenoxy) is 1. The third kappa shape index (κ3) is 5.50. The lowest BCUT2D eigenvalue weighted by atomic mass is 9.97. The molecule has 0 spiro atoms. The number of aromatic nitrogens is 2. The molecule has 2 aliphatic heterocycles. The largest absolute Gasteiger partial charge is 0.466 e. The molecule has 1 atom stereocenters. The molecule has 2 aliphatic rings. The summed E-state index contributed by atoms with van der Waals surface area (Å²) in [6.45, 7) is 0.350. The maximum Gasteiger partial charge on any atom is 0.393 e. The first-order valence-electron chi connectivity index (χ1n) is 11.0. The Hall–Kier alpha value is -3.34. The molecule has 186 valence electrons. The van der Waals surface area contributed by atoms with Crippen molar-refractivity contribution in [2.45, 2.75) is 25.4 Å². The Balaban J connectivity index is 1.56. The average Bonchev–Trinajstić information content (AvgIpc) is 3.06. The molecule has 1 unspecified atom stereocenters. The molecule has 0 saturated carbocycles. The highest BCUT2D eigenvalue weighted by atomic mass is 35.5. The second-order valence-corrected chi connectivity index (χ2v) is 8.68. The van der Waals surface area contributed by atoms with Crippen molar-refractivity contribution in [2.24, 2.45) is 5.92 Å². The molecule has 12 heteroatoms. The smallest absolute Gasteiger partial charge is 0.393 e. The van der Waals surface area contributed by atoms with Gasteiger partial charge in [-0.3, -0.25) is 4.79 Å². The molecule has 1 fully saturated rings. The molecule has 1 aromatic carbocycles. The zero-order valence-electron chi connectivity index (χ0n) is 18.8. The van der Waals surface area contributed by atoms with Crippen molar-refractivity contribution in [3.63, 3.8) is 0 Å². The number of benzene rings is 1. The Morgan fingerprint density at radius 3 is 2.80 bits per heavy atom. The molecule has 0 radical (unpaired) electrons. The summed E-state index contributed by atoms with van der Waals surface area (Å²) < 4.78 is 44.2. The summed E-state index contributed by atoms with van der Waals surface area (Å²) in [6.07, 6.45) is -0.607. The number of rotatable bonds is 4. The van der Waals surface area contributed by atoms with Gasteiger partial charge in [0.2, 0.25) is 0 Å². The van der Waals surface area contributed by atoms with Gasteiger partial charge in [-0.25, -0.2) is 14.8 Å². The first-order chi connectivity index (χ1) is 16.7. The Labute approximate surface area is 204 Å². The number of nitrogens with zero attached hydrogens (tertiary/aromatic N) is 3. The van der Waals surface area contributed by atoms with E-state index in [0.29, 0.717) is 41.4 Å². The quantitative estimate of drug-likeness (QED) is 0.579. The van der Waals surface area contributed by atoms with E-state index >= 15 is 0 Å². The number of esters is 1. The van der Waals surface area contributed by atoms with Crippen molar-refractivity contribution in [3.8, 4) is 0 Å². The standard InChI is InChI=1S/C23H23ClF3N5O3/c1-35-22(34)13-6-7-28-19-17(9-13)20(30-12-29-19)31-15-4-5-16(18(24)10-15)21(33)32-8-2-3-14(11-32)23(25,26)27/h4-5,9-10,12,14H,2-3,6-8,11H2,1H3,(H2,28,29,30,31). The number of hydrogen-bond acceptors (Lipinski definition) is 7. The monoisotopic (exact) mass is 509 g/mol. The van der Waals surface area contributed by atoms with Gasteiger partial charge in [-0.15, -0.1) is 0 Å². The lowest BCUT2D eigenvalue weighted by Gasteiger charge is -2.34. The topological polar surface area (TPSA) is 96.5 Å². The number of carbonyl (C=O) groups is 2. The maximum absolute atomic E-state index is 13.1. The maximum atomic E-state index is 13.1. The van der Waals surface area contributed by atoms with Gasteiger partial charge in [0.25, 0.3) is 5.91 Å². The fraction of sp³-hybridized carbons (Fsp3) is 0.391. The van der Waals surface area contributed by atoms with Crippen molar-refractivity contribution in [3.05, 3.63) is 46.2 Å². The molecular weight excluding hydrogens is 487 g/mol. The Kier molecular flexibility index (Phi) is 7.15. The number of fused-ring (bicyclic) bond motifs is 1. The summed E-state index contributed by atoms with van der Waals surface area (Å²) in [5.41, 5.74) is 1.62. The van der Waals surface area contributed by atoms with Crippen LogP contribution in [-0.4, -0.2) is 59.7 Å². The predicted octanol–water partition coefficient (Wildman–Crippen LogP) is 4.66. The van der Waals surface area contributed by atoms with E-state index in [1.807, 2.05) is 0 Å². The summed E-state index contributed by atoms with van der Waals surface area (Å²) in [6, 6.07) is 4.56. The molecule has 2 aromatic rings. The second kappa shape index (κ2) is 10.1. The number of nitrogens with one attached hydrogen (secondary N) is 2. The van der Waals surface area contributed by atoms with Gasteiger partial charge in [-0.05, 0) is 43.5 Å². The van der Waals surface area contributed by atoms with E-state index in [-0.39, 0.29) is 36.5 Å². The lowest BCUT2D eigenvalue weighted by Crippen LogP contribution is -2.44. The van der Waals surface area contributed by atoms with Crippen LogP contribution in [0.25, 0.3) is 6.08 Å². The molecule has 1 amide bonds. The molecule has 2 N–H and O–H groups in total. The summed E-state index contributed by atoms with van der Waals surface area (Å²) in [5.74, 6) is -1.61. The number of hydrogen-bond donors (Lipinski definition) is 2. The highest BCUT2D eigenvalue weighted by Gasteiger charge is 2.42. The van der Waals surface area contributed by atoms with Gasteiger partial charge >= 0.3 is 12.1 Å². The number of methoxy groups -OCH3 is 1. The van der Waals surface area contributed by atoms with E-state index in [4.69, 9.17) is 16.3 Å². The number of anilines is 3. The van der Waals surface area contributed by atoms with Gasteiger partial charge in [0, 0.05) is 30.9 Å². The average molecular weight is 510 g/mol. The van der Waals surface area contributed by atoms with Crippen molar-refractivity contribution < 1.29 is 27.5 Å². The van der Waals surface area contributed by atoms with Crippen molar-refractivity contribution in [1.29, 1.82) is 0 Å². The van der Waals surface area contributed by atoms with Crippen LogP contribution in [-0.2, 0) is 9.53 Å². The number of halogens is 4. The van der Waals surface area contributed by atoms with Crippen LogP contribution in [0.5, 0.6) is 0 Å². The minimum absolute atomic E-state index is 0.00806. The molecule has 4 rings (SSSR count). The predicted molar refractivity (Wildman–Crippen MR) is 125 cm³/mol. The highest BCUT2D eigenvalue weighted by Crippen LogP contribution is 2.35. The number of carbonyl (C=O) groups excluding carboxylic acids is 2. The van der Waals surface area contributed by atoms with E-state index in [9.17, 15) is 22.8 Å². The molecule has 3 heterocycles. The summed E-state index contributed by atoms with van der Waals surface area (Å²) in [4.78, 5) is 34.6. The number of amides is 1. The van der Waals surface area contributed by atoms with Gasteiger partial charge in [-0.2, -0.15) is 13.2 Å². The summed E-state index contributed by atoms with van der Waals surface area (Å²) >= 11 is 6.36. The molecule has 0 aliphatic carbocycles. The minimum atomic E-state index is -4.34. The van der Waals surface area contributed by atoms with Gasteiger partial charge in [-0.1, -0.05) is 11.6 Å². The normalized spacial score (nSPS) is 18.0. The third-order valence-electron chi connectivity index (χ3n) is 5.97. The van der Waals surface area contributed by atoms with Gasteiger partial charge in [0.05, 0.1) is 29.2 Å². The van der Waals surface area contributed by atoms with E-state index in [1.165, 1.54) is 30.5 Å². The number of alkyl halides is 3. The molecular formula is C23H23ClF3N5O3. The third-order valence-corrected chi connectivity index (χ3v) is 6.28. The van der Waals surface area contributed by atoms with E-state index in [2.05, 4.69) is 20.6 Å². The zero-order valence-corrected chi connectivity index (χ0v) is 19.5. The summed E-state index contributed by atoms with van der Waals surface area (Å²) in [7, 11) is 1.31. The van der Waals surface area contributed by atoms with Crippen LogP contribution in [0.2, 0.25) is 5.02 Å². The van der Waals surface area contributed by atoms with Gasteiger partial charge in [0.15, 0.2) is 0 Å².